The zero-order valence-electron chi connectivity index (χ0n) is 20.6. The first-order valence-electron chi connectivity index (χ1n) is 11.6. The predicted octanol–water partition coefficient (Wildman–Crippen LogP) is 5.52. The van der Waals surface area contributed by atoms with Gasteiger partial charge in [0, 0.05) is 35.1 Å². The van der Waals surface area contributed by atoms with Crippen molar-refractivity contribution in [2.45, 2.75) is 12.7 Å². The molecule has 0 fully saturated rings. The lowest BCUT2D eigenvalue weighted by Gasteiger charge is -2.15. The summed E-state index contributed by atoms with van der Waals surface area (Å²) in [6.45, 7) is -0.206. The average Bonchev–Trinajstić information content (AvgIpc) is 3.52. The molecule has 0 saturated carbocycles. The SMILES string of the molecule is CS(=O)(=O)OC(F)(F)C(=O)NCCn1ccc2ncnc(Nc3ccc(Oc4cccc5sccc45)c(Cl)c3)c21. The molecule has 3 heterocycles. The summed E-state index contributed by atoms with van der Waals surface area (Å²) in [6.07, 6.45) is -1.10. The summed E-state index contributed by atoms with van der Waals surface area (Å²) in [7, 11) is -4.55. The van der Waals surface area contributed by atoms with Gasteiger partial charge >= 0.3 is 12.0 Å². The van der Waals surface area contributed by atoms with Gasteiger partial charge in [-0.15, -0.1) is 11.3 Å². The van der Waals surface area contributed by atoms with Gasteiger partial charge in [0.15, 0.2) is 5.82 Å². The first-order valence-corrected chi connectivity index (χ1v) is 14.6. The molecule has 15 heteroatoms. The quantitative estimate of drug-likeness (QED) is 0.199. The second-order valence-electron chi connectivity index (χ2n) is 8.49. The van der Waals surface area contributed by atoms with Gasteiger partial charge in [0.1, 0.15) is 23.3 Å². The van der Waals surface area contributed by atoms with E-state index in [0.717, 1.165) is 10.1 Å². The van der Waals surface area contributed by atoms with Crippen molar-refractivity contribution < 1.29 is 30.9 Å². The van der Waals surface area contributed by atoms with Crippen molar-refractivity contribution in [2.24, 2.45) is 0 Å². The number of ether oxygens (including phenoxy) is 1. The van der Waals surface area contributed by atoms with E-state index in [1.807, 2.05) is 35.0 Å². The molecule has 2 N–H and O–H groups in total. The van der Waals surface area contributed by atoms with E-state index in [1.54, 1.807) is 46.4 Å². The van der Waals surface area contributed by atoms with Crippen molar-refractivity contribution in [1.82, 2.24) is 19.9 Å². The number of anilines is 2. The van der Waals surface area contributed by atoms with Crippen molar-refractivity contribution >= 4 is 71.6 Å². The minimum Gasteiger partial charge on any atom is -0.455 e. The molecule has 208 valence electrons. The number of nitrogens with one attached hydrogen (secondary N) is 2. The van der Waals surface area contributed by atoms with Crippen LogP contribution in [0.25, 0.3) is 21.1 Å². The number of rotatable bonds is 10. The monoisotopic (exact) mass is 607 g/mol. The van der Waals surface area contributed by atoms with Crippen molar-refractivity contribution in [3.05, 3.63) is 71.5 Å². The Morgan fingerprint density at radius 2 is 1.98 bits per heavy atom. The number of benzene rings is 2. The summed E-state index contributed by atoms with van der Waals surface area (Å²) < 4.78 is 61.8. The number of alkyl halides is 2. The van der Waals surface area contributed by atoms with E-state index in [2.05, 4.69) is 19.5 Å². The largest absolute Gasteiger partial charge is 0.455 e. The maximum atomic E-state index is 13.7. The molecule has 40 heavy (non-hydrogen) atoms. The molecule has 0 aliphatic heterocycles. The number of aromatic nitrogens is 3. The summed E-state index contributed by atoms with van der Waals surface area (Å²) >= 11 is 8.14. The molecule has 0 bridgehead atoms. The van der Waals surface area contributed by atoms with Crippen LogP contribution in [-0.2, 0) is 25.6 Å². The molecule has 0 atom stereocenters. The van der Waals surface area contributed by atoms with Crippen LogP contribution in [0.4, 0.5) is 20.3 Å². The fraction of sp³-hybridized carbons (Fsp3) is 0.160. The highest BCUT2D eigenvalue weighted by Crippen LogP contribution is 2.37. The fourth-order valence-corrected chi connectivity index (χ4v) is 5.38. The highest BCUT2D eigenvalue weighted by atomic mass is 35.5. The van der Waals surface area contributed by atoms with E-state index in [4.69, 9.17) is 16.3 Å². The van der Waals surface area contributed by atoms with Crippen molar-refractivity contribution in [1.29, 1.82) is 0 Å². The van der Waals surface area contributed by atoms with Crippen LogP contribution in [0, 0.1) is 0 Å². The number of fused-ring (bicyclic) bond motifs is 2. The first kappa shape index (κ1) is 27.7. The van der Waals surface area contributed by atoms with Crippen LogP contribution in [-0.4, -0.2) is 47.8 Å². The van der Waals surface area contributed by atoms with Crippen molar-refractivity contribution in [2.75, 3.05) is 18.1 Å². The van der Waals surface area contributed by atoms with E-state index in [0.29, 0.717) is 45.3 Å². The third-order valence-corrected chi connectivity index (χ3v) is 7.27. The Kier molecular flexibility index (Phi) is 7.59. The van der Waals surface area contributed by atoms with Crippen LogP contribution in [0.3, 0.4) is 0 Å². The van der Waals surface area contributed by atoms with Gasteiger partial charge in [0.05, 0.1) is 16.8 Å². The minimum atomic E-state index is -4.55. The molecular formula is C25H20ClF2N5O5S2. The molecule has 5 rings (SSSR count). The Bertz CT molecular complexity index is 1830. The molecule has 0 aliphatic rings. The van der Waals surface area contributed by atoms with Crippen molar-refractivity contribution in [3.8, 4) is 11.5 Å². The first-order chi connectivity index (χ1) is 19.0. The van der Waals surface area contributed by atoms with Crippen LogP contribution < -0.4 is 15.4 Å². The molecule has 0 spiro atoms. The molecule has 5 aromatic rings. The van der Waals surface area contributed by atoms with Crippen LogP contribution in [0.5, 0.6) is 11.5 Å². The molecule has 0 saturated heterocycles. The Hall–Kier alpha value is -3.85. The van der Waals surface area contributed by atoms with E-state index < -0.39 is 22.1 Å². The lowest BCUT2D eigenvalue weighted by atomic mass is 10.2. The summed E-state index contributed by atoms with van der Waals surface area (Å²) in [5, 5.41) is 8.48. The Balaban J connectivity index is 1.30. The van der Waals surface area contributed by atoms with E-state index in [-0.39, 0.29) is 13.1 Å². The maximum Gasteiger partial charge on any atom is 0.450 e. The number of hydrogen-bond donors (Lipinski definition) is 2. The molecule has 2 aromatic carbocycles. The number of amides is 1. The molecule has 0 unspecified atom stereocenters. The Morgan fingerprint density at radius 1 is 1.15 bits per heavy atom. The number of halogens is 3. The van der Waals surface area contributed by atoms with Gasteiger partial charge in [0.25, 0.3) is 10.1 Å². The third-order valence-electron chi connectivity index (χ3n) is 5.58. The average molecular weight is 608 g/mol. The highest BCUT2D eigenvalue weighted by molar-refractivity contribution is 7.86. The predicted molar refractivity (Wildman–Crippen MR) is 148 cm³/mol. The zero-order chi connectivity index (χ0) is 28.5. The highest BCUT2D eigenvalue weighted by Gasteiger charge is 2.44. The Morgan fingerprint density at radius 3 is 2.75 bits per heavy atom. The standard InChI is InChI=1S/C25H20ClF2N5O5S2/c1-40(35,36)38-25(27,28)24(34)29-9-11-33-10-7-18-22(33)23(31-14-30-18)32-15-5-6-20(17(26)13-15)37-19-3-2-4-21-16(19)8-12-39-21/h2-8,10,12-14H,9,11H2,1H3,(H,29,34)(H,30,31,32). The van der Waals surface area contributed by atoms with E-state index in [1.165, 1.54) is 6.33 Å². The van der Waals surface area contributed by atoms with E-state index in [9.17, 15) is 22.0 Å². The minimum absolute atomic E-state index is 0.0495. The molecule has 10 nitrogen and oxygen atoms in total. The zero-order valence-corrected chi connectivity index (χ0v) is 23.0. The van der Waals surface area contributed by atoms with Crippen LogP contribution in [0.15, 0.2) is 66.4 Å². The summed E-state index contributed by atoms with van der Waals surface area (Å²) in [4.78, 5) is 20.3. The van der Waals surface area contributed by atoms with Gasteiger partial charge in [-0.05, 0) is 47.8 Å². The lowest BCUT2D eigenvalue weighted by Crippen LogP contribution is -2.44. The smallest absolute Gasteiger partial charge is 0.450 e. The van der Waals surface area contributed by atoms with Crippen LogP contribution >= 0.6 is 22.9 Å². The van der Waals surface area contributed by atoms with Crippen molar-refractivity contribution in [3.63, 3.8) is 0 Å². The van der Waals surface area contributed by atoms with Gasteiger partial charge in [-0.25, -0.2) is 9.97 Å². The number of carbonyl (C=O) groups excluding carboxylic acids is 1. The van der Waals surface area contributed by atoms with Gasteiger partial charge < -0.3 is 19.9 Å². The lowest BCUT2D eigenvalue weighted by molar-refractivity contribution is -0.190. The number of thiophene rings is 1. The number of carbonyl (C=O) groups is 1. The molecule has 1 amide bonds. The van der Waals surface area contributed by atoms with Crippen LogP contribution in [0.1, 0.15) is 0 Å². The summed E-state index contributed by atoms with van der Waals surface area (Å²) in [5.41, 5.74) is 1.70. The topological polar surface area (TPSA) is 124 Å². The second kappa shape index (κ2) is 11.0. The Labute approximate surface area is 235 Å². The van der Waals surface area contributed by atoms with Gasteiger partial charge in [-0.1, -0.05) is 17.7 Å². The molecule has 0 radical (unpaired) electrons. The molecular weight excluding hydrogens is 588 g/mol. The third kappa shape index (κ3) is 6.14. The molecule has 3 aromatic heterocycles. The summed E-state index contributed by atoms with van der Waals surface area (Å²) in [5.74, 6) is -0.324. The van der Waals surface area contributed by atoms with Crippen LogP contribution in [0.2, 0.25) is 5.02 Å². The summed E-state index contributed by atoms with van der Waals surface area (Å²) in [6, 6.07) is 14.6. The number of nitrogens with zero attached hydrogens (tertiary/aromatic N) is 3. The fourth-order valence-electron chi connectivity index (χ4n) is 3.90. The molecule has 0 aliphatic carbocycles. The number of hydrogen-bond acceptors (Lipinski definition) is 9. The maximum absolute atomic E-state index is 13.7. The van der Waals surface area contributed by atoms with Gasteiger partial charge in [-0.3, -0.25) is 4.79 Å². The van der Waals surface area contributed by atoms with Gasteiger partial charge in [0.2, 0.25) is 0 Å². The van der Waals surface area contributed by atoms with Gasteiger partial charge in [-0.2, -0.15) is 21.4 Å². The second-order valence-corrected chi connectivity index (χ2v) is 11.4. The normalized spacial score (nSPS) is 12.1. The van der Waals surface area contributed by atoms with E-state index >= 15 is 0 Å².